The van der Waals surface area contributed by atoms with E-state index in [1.807, 2.05) is 24.3 Å². The maximum atomic E-state index is 6.03. The number of halogens is 1. The quantitative estimate of drug-likeness (QED) is 0.765. The van der Waals surface area contributed by atoms with Gasteiger partial charge in [0, 0.05) is 5.69 Å². The minimum atomic E-state index is 0.678. The van der Waals surface area contributed by atoms with Gasteiger partial charge >= 0.3 is 0 Å². The molecule has 0 atom stereocenters. The summed E-state index contributed by atoms with van der Waals surface area (Å²) >= 11 is 6.03. The van der Waals surface area contributed by atoms with Crippen molar-refractivity contribution < 1.29 is 4.74 Å². The van der Waals surface area contributed by atoms with E-state index in [-0.39, 0.29) is 0 Å². The Morgan fingerprint density at radius 1 is 1.15 bits per heavy atom. The number of hydrogen-bond acceptors (Lipinski definition) is 2. The molecule has 1 aromatic heterocycles. The molecule has 0 amide bonds. The largest absolute Gasteiger partial charge is 0.492 e. The van der Waals surface area contributed by atoms with Crippen molar-refractivity contribution in [2.45, 2.75) is 39.5 Å². The first-order valence-electron chi connectivity index (χ1n) is 7.06. The number of benzene rings is 1. The van der Waals surface area contributed by atoms with E-state index in [2.05, 4.69) is 24.0 Å². The van der Waals surface area contributed by atoms with Crippen LogP contribution in [-0.4, -0.2) is 16.8 Å². The molecule has 2 aromatic rings. The first-order chi connectivity index (χ1) is 9.68. The first-order valence-corrected chi connectivity index (χ1v) is 7.44. The molecular formula is C16H21ClN2O. The molecule has 0 saturated heterocycles. The van der Waals surface area contributed by atoms with Crippen molar-refractivity contribution in [2.75, 3.05) is 6.61 Å². The van der Waals surface area contributed by atoms with Crippen LogP contribution >= 0.6 is 11.6 Å². The Labute approximate surface area is 125 Å². The van der Waals surface area contributed by atoms with Crippen LogP contribution in [0.4, 0.5) is 0 Å². The molecule has 0 unspecified atom stereocenters. The van der Waals surface area contributed by atoms with Crippen molar-refractivity contribution in [3.8, 4) is 5.75 Å². The molecule has 0 aliphatic carbocycles. The van der Waals surface area contributed by atoms with Gasteiger partial charge < -0.3 is 4.74 Å². The average Bonchev–Trinajstić information content (AvgIpc) is 2.76. The maximum Gasteiger partial charge on any atom is 0.137 e. The number of aromatic amines is 1. The highest BCUT2D eigenvalue weighted by Crippen LogP contribution is 2.23. The van der Waals surface area contributed by atoms with Crippen LogP contribution in [-0.2, 0) is 6.42 Å². The molecule has 0 aliphatic heterocycles. The van der Waals surface area contributed by atoms with Crippen LogP contribution in [0.15, 0.2) is 24.3 Å². The number of para-hydroxylation sites is 1. The number of aryl methyl sites for hydroxylation is 2. The summed E-state index contributed by atoms with van der Waals surface area (Å²) in [5.74, 6) is 0.774. The molecule has 1 heterocycles. The lowest BCUT2D eigenvalue weighted by atomic mass is 10.1. The van der Waals surface area contributed by atoms with Crippen LogP contribution in [0.3, 0.4) is 0 Å². The highest BCUT2D eigenvalue weighted by molar-refractivity contribution is 6.32. The predicted molar refractivity (Wildman–Crippen MR) is 82.6 cm³/mol. The van der Waals surface area contributed by atoms with Crippen molar-refractivity contribution in [1.82, 2.24) is 10.2 Å². The van der Waals surface area contributed by atoms with Gasteiger partial charge in [-0.05, 0) is 57.2 Å². The summed E-state index contributed by atoms with van der Waals surface area (Å²) in [4.78, 5) is 0. The maximum absolute atomic E-state index is 6.03. The zero-order valence-corrected chi connectivity index (χ0v) is 12.8. The topological polar surface area (TPSA) is 37.9 Å². The third kappa shape index (κ3) is 4.01. The van der Waals surface area contributed by atoms with Gasteiger partial charge in [0.25, 0.3) is 0 Å². The number of H-pyrrole nitrogens is 1. The van der Waals surface area contributed by atoms with Crippen molar-refractivity contribution in [3.63, 3.8) is 0 Å². The molecule has 1 N–H and O–H groups in total. The zero-order valence-electron chi connectivity index (χ0n) is 12.1. The summed E-state index contributed by atoms with van der Waals surface area (Å²) in [6, 6.07) is 7.60. The lowest BCUT2D eigenvalue weighted by molar-refractivity contribution is 0.305. The number of nitrogens with zero attached hydrogens (tertiary/aromatic N) is 1. The first kappa shape index (κ1) is 14.9. The summed E-state index contributed by atoms with van der Waals surface area (Å²) in [5, 5.41) is 7.92. The van der Waals surface area contributed by atoms with E-state index >= 15 is 0 Å². The van der Waals surface area contributed by atoms with Gasteiger partial charge in [-0.2, -0.15) is 5.10 Å². The number of hydrogen-bond donors (Lipinski definition) is 1. The SMILES string of the molecule is Cc1n[nH]c(C)c1CCCCCOc1ccccc1Cl. The van der Waals surface area contributed by atoms with Crippen molar-refractivity contribution in [3.05, 3.63) is 46.2 Å². The summed E-state index contributed by atoms with van der Waals surface area (Å²) < 4.78 is 5.67. The van der Waals surface area contributed by atoms with Gasteiger partial charge in [-0.1, -0.05) is 23.7 Å². The normalized spacial score (nSPS) is 10.8. The number of rotatable bonds is 7. The molecule has 108 valence electrons. The predicted octanol–water partition coefficient (Wildman–Crippen LogP) is 4.47. The van der Waals surface area contributed by atoms with Gasteiger partial charge in [-0.3, -0.25) is 5.10 Å². The lowest BCUT2D eigenvalue weighted by Gasteiger charge is -2.07. The fourth-order valence-corrected chi connectivity index (χ4v) is 2.46. The van der Waals surface area contributed by atoms with Gasteiger partial charge in [-0.15, -0.1) is 0 Å². The molecule has 0 aliphatic rings. The minimum absolute atomic E-state index is 0.678. The molecule has 2 rings (SSSR count). The Kier molecular flexibility index (Phi) is 5.48. The van der Waals surface area contributed by atoms with Crippen LogP contribution in [0.5, 0.6) is 5.75 Å². The van der Waals surface area contributed by atoms with Gasteiger partial charge in [0.05, 0.1) is 17.3 Å². The monoisotopic (exact) mass is 292 g/mol. The second-order valence-electron chi connectivity index (χ2n) is 5.00. The Balaban J connectivity index is 1.64. The Hall–Kier alpha value is -1.48. The van der Waals surface area contributed by atoms with Crippen LogP contribution in [0.25, 0.3) is 0 Å². The van der Waals surface area contributed by atoms with Crippen LogP contribution in [0, 0.1) is 13.8 Å². The molecule has 0 spiro atoms. The second kappa shape index (κ2) is 7.34. The van der Waals surface area contributed by atoms with Crippen molar-refractivity contribution in [1.29, 1.82) is 0 Å². The standard InChI is InChI=1S/C16H21ClN2O/c1-12-14(13(2)19-18-12)8-4-3-7-11-20-16-10-6-5-9-15(16)17/h5-6,9-10H,3-4,7-8,11H2,1-2H3,(H,18,19). The van der Waals surface area contributed by atoms with E-state index in [1.54, 1.807) is 0 Å². The highest BCUT2D eigenvalue weighted by Gasteiger charge is 2.05. The molecule has 0 bridgehead atoms. The molecule has 20 heavy (non-hydrogen) atoms. The highest BCUT2D eigenvalue weighted by atomic mass is 35.5. The van der Waals surface area contributed by atoms with Crippen LogP contribution < -0.4 is 4.74 Å². The summed E-state index contributed by atoms with van der Waals surface area (Å²) in [6.07, 6.45) is 4.43. The third-order valence-electron chi connectivity index (χ3n) is 3.45. The Morgan fingerprint density at radius 2 is 1.95 bits per heavy atom. The molecule has 0 fully saturated rings. The second-order valence-corrected chi connectivity index (χ2v) is 5.41. The summed E-state index contributed by atoms with van der Waals surface area (Å²) in [5.41, 5.74) is 3.67. The fraction of sp³-hybridized carbons (Fsp3) is 0.438. The fourth-order valence-electron chi connectivity index (χ4n) is 2.27. The number of unbranched alkanes of at least 4 members (excludes halogenated alkanes) is 2. The molecule has 1 aromatic carbocycles. The Morgan fingerprint density at radius 3 is 2.65 bits per heavy atom. The minimum Gasteiger partial charge on any atom is -0.492 e. The zero-order chi connectivity index (χ0) is 14.4. The van der Waals surface area contributed by atoms with E-state index < -0.39 is 0 Å². The lowest BCUT2D eigenvalue weighted by Crippen LogP contribution is -1.98. The van der Waals surface area contributed by atoms with Crippen LogP contribution in [0.1, 0.15) is 36.2 Å². The average molecular weight is 293 g/mol. The van der Waals surface area contributed by atoms with Gasteiger partial charge in [0.15, 0.2) is 0 Å². The molecule has 3 nitrogen and oxygen atoms in total. The molecule has 0 radical (unpaired) electrons. The number of aromatic nitrogens is 2. The van der Waals surface area contributed by atoms with E-state index in [1.165, 1.54) is 11.3 Å². The van der Waals surface area contributed by atoms with Gasteiger partial charge in [0.2, 0.25) is 0 Å². The molecule has 0 saturated carbocycles. The third-order valence-corrected chi connectivity index (χ3v) is 3.76. The van der Waals surface area contributed by atoms with E-state index in [9.17, 15) is 0 Å². The van der Waals surface area contributed by atoms with Gasteiger partial charge in [-0.25, -0.2) is 0 Å². The van der Waals surface area contributed by atoms with E-state index in [0.717, 1.165) is 37.1 Å². The smallest absolute Gasteiger partial charge is 0.137 e. The molecular weight excluding hydrogens is 272 g/mol. The van der Waals surface area contributed by atoms with Gasteiger partial charge in [0.1, 0.15) is 5.75 Å². The van der Waals surface area contributed by atoms with E-state index in [4.69, 9.17) is 16.3 Å². The van der Waals surface area contributed by atoms with E-state index in [0.29, 0.717) is 11.6 Å². The van der Waals surface area contributed by atoms with Crippen molar-refractivity contribution >= 4 is 11.6 Å². The Bertz CT molecular complexity index is 532. The molecule has 4 heteroatoms. The number of nitrogens with one attached hydrogen (secondary N) is 1. The summed E-state index contributed by atoms with van der Waals surface area (Å²) in [6.45, 7) is 4.85. The van der Waals surface area contributed by atoms with Crippen LogP contribution in [0.2, 0.25) is 5.02 Å². The van der Waals surface area contributed by atoms with Crippen molar-refractivity contribution in [2.24, 2.45) is 0 Å². The number of ether oxygens (including phenoxy) is 1. The summed E-state index contributed by atoms with van der Waals surface area (Å²) in [7, 11) is 0.